The van der Waals surface area contributed by atoms with Gasteiger partial charge in [-0.2, -0.15) is 0 Å². The number of hydrogen-bond acceptors (Lipinski definition) is 11. The van der Waals surface area contributed by atoms with Crippen LogP contribution >= 0.6 is 11.6 Å². The monoisotopic (exact) mass is 554 g/mol. The molecule has 200 valence electrons. The molecule has 4 rings (SSSR count). The molecule has 1 fully saturated rings. The SMILES string of the molecule is COc1cccc(OC)c1-n1c(NS(=O)(=O)[C@@H](C)[C@H](OC)c2ncc(Cl)cn2)nnc1C1COCCO1. The molecule has 13 nitrogen and oxygen atoms in total. The maximum atomic E-state index is 13.5. The first-order chi connectivity index (χ1) is 17.8. The second kappa shape index (κ2) is 11.6. The van der Waals surface area contributed by atoms with Crippen molar-refractivity contribution in [3.05, 3.63) is 47.3 Å². The molecule has 2 aromatic heterocycles. The standard InChI is InChI=1S/C22H27ClN6O7S/c1-13(19(34-4)20-24-10-14(23)11-25-20)37(30,31)28-22-27-26-21(17-12-35-8-9-36-17)29(22)18-15(32-2)6-5-7-16(18)33-3/h5-7,10-11,13,17,19H,8-9,12H2,1-4H3,(H,27,28)/t13-,17?,19-/m0/s1. The van der Waals surface area contributed by atoms with Gasteiger partial charge in [-0.05, 0) is 19.1 Å². The van der Waals surface area contributed by atoms with Crippen LogP contribution in [0.4, 0.5) is 5.95 Å². The van der Waals surface area contributed by atoms with Crippen LogP contribution in [-0.2, 0) is 24.2 Å². The summed E-state index contributed by atoms with van der Waals surface area (Å²) in [6.45, 7) is 2.45. The van der Waals surface area contributed by atoms with Crippen molar-refractivity contribution in [2.45, 2.75) is 24.4 Å². The zero-order chi connectivity index (χ0) is 26.6. The number of benzene rings is 1. The van der Waals surface area contributed by atoms with E-state index in [4.69, 9.17) is 35.3 Å². The molecular weight excluding hydrogens is 528 g/mol. The summed E-state index contributed by atoms with van der Waals surface area (Å²) in [4.78, 5) is 8.22. The van der Waals surface area contributed by atoms with Crippen molar-refractivity contribution in [2.24, 2.45) is 0 Å². The minimum absolute atomic E-state index is 0.106. The number of para-hydroxylation sites is 1. The molecular formula is C22H27ClN6O7S. The molecule has 0 aliphatic carbocycles. The first kappa shape index (κ1) is 27.0. The van der Waals surface area contributed by atoms with Gasteiger partial charge < -0.3 is 23.7 Å². The number of nitrogens with one attached hydrogen (secondary N) is 1. The minimum Gasteiger partial charge on any atom is -0.494 e. The number of hydrogen-bond donors (Lipinski definition) is 1. The maximum Gasteiger partial charge on any atom is 0.243 e. The number of anilines is 1. The highest BCUT2D eigenvalue weighted by Crippen LogP contribution is 2.37. The van der Waals surface area contributed by atoms with E-state index in [1.807, 2.05) is 0 Å². The third kappa shape index (κ3) is 5.62. The number of rotatable bonds is 10. The van der Waals surface area contributed by atoms with E-state index in [9.17, 15) is 8.42 Å². The minimum atomic E-state index is -4.13. The topological polar surface area (TPSA) is 149 Å². The van der Waals surface area contributed by atoms with E-state index in [1.165, 1.54) is 45.2 Å². The molecule has 0 amide bonds. The van der Waals surface area contributed by atoms with Gasteiger partial charge >= 0.3 is 0 Å². The number of ether oxygens (including phenoxy) is 5. The van der Waals surface area contributed by atoms with Crippen molar-refractivity contribution in [3.63, 3.8) is 0 Å². The van der Waals surface area contributed by atoms with Crippen LogP contribution in [0.3, 0.4) is 0 Å². The number of nitrogens with zero attached hydrogens (tertiary/aromatic N) is 5. The molecule has 3 heterocycles. The summed E-state index contributed by atoms with van der Waals surface area (Å²) in [5.74, 6) is 1.15. The molecule has 37 heavy (non-hydrogen) atoms. The van der Waals surface area contributed by atoms with Crippen LogP contribution in [0.1, 0.15) is 30.8 Å². The van der Waals surface area contributed by atoms with Gasteiger partial charge in [0.15, 0.2) is 11.6 Å². The second-order valence-corrected chi connectivity index (χ2v) is 10.4. The van der Waals surface area contributed by atoms with E-state index in [0.717, 1.165) is 0 Å². The first-order valence-corrected chi connectivity index (χ1v) is 13.1. The summed E-state index contributed by atoms with van der Waals surface area (Å²) in [5.41, 5.74) is 0.386. The highest BCUT2D eigenvalue weighted by Gasteiger charge is 2.36. The molecule has 1 unspecified atom stereocenters. The van der Waals surface area contributed by atoms with Crippen molar-refractivity contribution in [1.82, 2.24) is 24.7 Å². The van der Waals surface area contributed by atoms with Gasteiger partial charge in [-0.15, -0.1) is 10.2 Å². The Labute approximate surface area is 219 Å². The van der Waals surface area contributed by atoms with Gasteiger partial charge in [0, 0.05) is 19.5 Å². The predicted octanol–water partition coefficient (Wildman–Crippen LogP) is 2.33. The fraction of sp³-hybridized carbons (Fsp3) is 0.455. The van der Waals surface area contributed by atoms with Crippen molar-refractivity contribution in [3.8, 4) is 17.2 Å². The summed E-state index contributed by atoms with van der Waals surface area (Å²) in [7, 11) is 0.215. The van der Waals surface area contributed by atoms with Crippen LogP contribution in [0.2, 0.25) is 5.02 Å². The summed E-state index contributed by atoms with van der Waals surface area (Å²) in [5, 5.41) is 7.56. The quantitative estimate of drug-likeness (QED) is 0.393. The van der Waals surface area contributed by atoms with Crippen molar-refractivity contribution in [2.75, 3.05) is 45.9 Å². The van der Waals surface area contributed by atoms with E-state index in [-0.39, 0.29) is 18.4 Å². The smallest absolute Gasteiger partial charge is 0.243 e. The van der Waals surface area contributed by atoms with Crippen LogP contribution in [0.5, 0.6) is 11.5 Å². The molecule has 15 heteroatoms. The fourth-order valence-electron chi connectivity index (χ4n) is 3.84. The lowest BCUT2D eigenvalue weighted by Crippen LogP contribution is -2.33. The van der Waals surface area contributed by atoms with Crippen molar-refractivity contribution >= 4 is 27.6 Å². The van der Waals surface area contributed by atoms with E-state index in [2.05, 4.69) is 24.9 Å². The van der Waals surface area contributed by atoms with Crippen molar-refractivity contribution in [1.29, 1.82) is 0 Å². The molecule has 1 aromatic carbocycles. The molecule has 3 atom stereocenters. The van der Waals surface area contributed by atoms with Gasteiger partial charge in [0.05, 0.1) is 39.1 Å². The Morgan fingerprint density at radius 3 is 2.35 bits per heavy atom. The lowest BCUT2D eigenvalue weighted by Gasteiger charge is -2.25. The van der Waals surface area contributed by atoms with Gasteiger partial charge in [0.1, 0.15) is 34.6 Å². The molecule has 0 radical (unpaired) electrons. The Kier molecular flexibility index (Phi) is 8.44. The molecule has 1 N–H and O–H groups in total. The molecule has 1 aliphatic rings. The lowest BCUT2D eigenvalue weighted by molar-refractivity contribution is -0.0941. The molecule has 1 saturated heterocycles. The van der Waals surface area contributed by atoms with Gasteiger partial charge in [-0.1, -0.05) is 17.7 Å². The van der Waals surface area contributed by atoms with Crippen molar-refractivity contribution < 1.29 is 32.1 Å². The Bertz CT molecular complexity index is 1290. The highest BCUT2D eigenvalue weighted by molar-refractivity contribution is 7.93. The Hall–Kier alpha value is -3.04. The summed E-state index contributed by atoms with van der Waals surface area (Å²) >= 11 is 5.87. The highest BCUT2D eigenvalue weighted by atomic mass is 35.5. The van der Waals surface area contributed by atoms with Crippen LogP contribution in [-0.4, -0.2) is 79.6 Å². The average Bonchev–Trinajstić information content (AvgIpc) is 3.32. The van der Waals surface area contributed by atoms with Crippen LogP contribution < -0.4 is 14.2 Å². The third-order valence-electron chi connectivity index (χ3n) is 5.72. The van der Waals surface area contributed by atoms with E-state index >= 15 is 0 Å². The zero-order valence-electron chi connectivity index (χ0n) is 20.6. The van der Waals surface area contributed by atoms with E-state index in [1.54, 1.807) is 18.2 Å². The molecule has 0 bridgehead atoms. The Balaban J connectivity index is 1.78. The molecule has 3 aromatic rings. The third-order valence-corrected chi connectivity index (χ3v) is 7.60. The van der Waals surface area contributed by atoms with Gasteiger partial charge in [0.2, 0.25) is 16.0 Å². The zero-order valence-corrected chi connectivity index (χ0v) is 22.2. The van der Waals surface area contributed by atoms with Crippen LogP contribution in [0.25, 0.3) is 5.69 Å². The summed E-state index contributed by atoms with van der Waals surface area (Å²) < 4.78 is 59.1. The molecule has 1 aliphatic heterocycles. The summed E-state index contributed by atoms with van der Waals surface area (Å²) in [6, 6.07) is 5.16. The number of aromatic nitrogens is 5. The lowest BCUT2D eigenvalue weighted by atomic mass is 10.2. The number of halogens is 1. The largest absolute Gasteiger partial charge is 0.494 e. The van der Waals surface area contributed by atoms with Gasteiger partial charge in [-0.3, -0.25) is 9.29 Å². The first-order valence-electron chi connectivity index (χ1n) is 11.2. The summed E-state index contributed by atoms with van der Waals surface area (Å²) in [6.07, 6.45) is 1.12. The van der Waals surface area contributed by atoms with E-state index < -0.39 is 27.5 Å². The average molecular weight is 555 g/mol. The molecule has 0 saturated carbocycles. The Morgan fingerprint density at radius 2 is 1.78 bits per heavy atom. The Morgan fingerprint density at radius 1 is 1.11 bits per heavy atom. The van der Waals surface area contributed by atoms with Crippen LogP contribution in [0, 0.1) is 0 Å². The number of methoxy groups -OCH3 is 3. The fourth-order valence-corrected chi connectivity index (χ4v) is 5.07. The van der Waals surface area contributed by atoms with Gasteiger partial charge in [0.25, 0.3) is 0 Å². The number of sulfonamides is 1. The van der Waals surface area contributed by atoms with Crippen LogP contribution in [0.15, 0.2) is 30.6 Å². The normalized spacial score (nSPS) is 17.7. The van der Waals surface area contributed by atoms with Gasteiger partial charge in [-0.25, -0.2) is 18.4 Å². The maximum absolute atomic E-state index is 13.5. The predicted molar refractivity (Wildman–Crippen MR) is 133 cm³/mol. The molecule has 0 spiro atoms. The second-order valence-electron chi connectivity index (χ2n) is 7.93. The van der Waals surface area contributed by atoms with E-state index in [0.29, 0.717) is 41.2 Å².